The van der Waals surface area contributed by atoms with Crippen LogP contribution in [0, 0.1) is 20.8 Å². The second kappa shape index (κ2) is 4.36. The van der Waals surface area contributed by atoms with Crippen molar-refractivity contribution in [3.63, 3.8) is 0 Å². The summed E-state index contributed by atoms with van der Waals surface area (Å²) in [5, 5.41) is 3.11. The van der Waals surface area contributed by atoms with Gasteiger partial charge in [0.05, 0.1) is 16.7 Å². The van der Waals surface area contributed by atoms with Crippen molar-refractivity contribution in [2.24, 2.45) is 5.73 Å². The highest BCUT2D eigenvalue weighted by Crippen LogP contribution is 2.24. The minimum Gasteiger partial charge on any atom is -0.319 e. The maximum atomic E-state index is 6.24. The van der Waals surface area contributed by atoms with Crippen LogP contribution in [0.5, 0.6) is 0 Å². The number of nitrogens with two attached hydrogens (primary N) is 1. The van der Waals surface area contributed by atoms with Gasteiger partial charge < -0.3 is 5.73 Å². The van der Waals surface area contributed by atoms with Gasteiger partial charge in [0, 0.05) is 5.38 Å². The number of benzene rings is 1. The molecule has 0 saturated heterocycles. The standard InChI is InChI=1S/C13H16N2S/c1-8-4-5-9(2)11(6-8)13(14)12-7-16-10(3)15-12/h4-7,13H,14H2,1-3H3. The van der Waals surface area contributed by atoms with Crippen molar-refractivity contribution < 1.29 is 0 Å². The second-order valence-electron chi connectivity index (χ2n) is 4.13. The van der Waals surface area contributed by atoms with Crippen LogP contribution in [-0.2, 0) is 0 Å². The van der Waals surface area contributed by atoms with E-state index in [4.69, 9.17) is 5.73 Å². The highest BCUT2D eigenvalue weighted by atomic mass is 32.1. The van der Waals surface area contributed by atoms with Crippen molar-refractivity contribution in [1.29, 1.82) is 0 Å². The van der Waals surface area contributed by atoms with Gasteiger partial charge >= 0.3 is 0 Å². The van der Waals surface area contributed by atoms with Crippen LogP contribution < -0.4 is 5.73 Å². The molecule has 2 rings (SSSR count). The van der Waals surface area contributed by atoms with Gasteiger partial charge in [0.25, 0.3) is 0 Å². The quantitative estimate of drug-likeness (QED) is 0.864. The van der Waals surface area contributed by atoms with Crippen LogP contribution in [0.25, 0.3) is 0 Å². The highest BCUT2D eigenvalue weighted by Gasteiger charge is 2.14. The summed E-state index contributed by atoms with van der Waals surface area (Å²) < 4.78 is 0. The normalized spacial score (nSPS) is 12.8. The third kappa shape index (κ3) is 2.15. The smallest absolute Gasteiger partial charge is 0.0898 e. The van der Waals surface area contributed by atoms with E-state index < -0.39 is 0 Å². The first-order valence-corrected chi connectivity index (χ1v) is 6.20. The first-order valence-electron chi connectivity index (χ1n) is 5.32. The van der Waals surface area contributed by atoms with E-state index in [9.17, 15) is 0 Å². The molecule has 0 aliphatic rings. The molecule has 2 N–H and O–H groups in total. The molecule has 0 aliphatic carbocycles. The van der Waals surface area contributed by atoms with Gasteiger partial charge in [0.15, 0.2) is 0 Å². The van der Waals surface area contributed by atoms with Crippen LogP contribution in [0.3, 0.4) is 0 Å². The van der Waals surface area contributed by atoms with E-state index in [1.54, 1.807) is 11.3 Å². The third-order valence-electron chi connectivity index (χ3n) is 2.73. The molecule has 0 radical (unpaired) electrons. The molecule has 0 bridgehead atoms. The monoisotopic (exact) mass is 232 g/mol. The van der Waals surface area contributed by atoms with E-state index in [0.717, 1.165) is 10.7 Å². The average molecular weight is 232 g/mol. The van der Waals surface area contributed by atoms with Crippen molar-refractivity contribution in [1.82, 2.24) is 4.98 Å². The maximum Gasteiger partial charge on any atom is 0.0898 e. The predicted molar refractivity (Wildman–Crippen MR) is 68.8 cm³/mol. The molecule has 16 heavy (non-hydrogen) atoms. The fraction of sp³-hybridized carbons (Fsp3) is 0.308. The first kappa shape index (κ1) is 11.3. The number of aryl methyl sites for hydroxylation is 3. The summed E-state index contributed by atoms with van der Waals surface area (Å²) >= 11 is 1.65. The summed E-state index contributed by atoms with van der Waals surface area (Å²) in [7, 11) is 0. The summed E-state index contributed by atoms with van der Waals surface area (Å²) in [6.07, 6.45) is 0. The lowest BCUT2D eigenvalue weighted by Crippen LogP contribution is -2.13. The van der Waals surface area contributed by atoms with Gasteiger partial charge in [0.1, 0.15) is 0 Å². The van der Waals surface area contributed by atoms with E-state index in [0.29, 0.717) is 0 Å². The lowest BCUT2D eigenvalue weighted by atomic mass is 9.98. The van der Waals surface area contributed by atoms with Crippen LogP contribution in [-0.4, -0.2) is 4.98 Å². The molecule has 1 atom stereocenters. The van der Waals surface area contributed by atoms with Crippen molar-refractivity contribution in [3.8, 4) is 0 Å². The highest BCUT2D eigenvalue weighted by molar-refractivity contribution is 7.09. The molecule has 3 heteroatoms. The van der Waals surface area contributed by atoms with Gasteiger partial charge in [-0.1, -0.05) is 23.8 Å². The van der Waals surface area contributed by atoms with Crippen LogP contribution >= 0.6 is 11.3 Å². The Labute approximate surface area is 100 Å². The number of hydrogen-bond donors (Lipinski definition) is 1. The van der Waals surface area contributed by atoms with Gasteiger partial charge in [-0.05, 0) is 31.9 Å². The van der Waals surface area contributed by atoms with Gasteiger partial charge in [0.2, 0.25) is 0 Å². The third-order valence-corrected chi connectivity index (χ3v) is 3.52. The van der Waals surface area contributed by atoms with Crippen molar-refractivity contribution >= 4 is 11.3 Å². The van der Waals surface area contributed by atoms with E-state index in [2.05, 4.69) is 37.0 Å². The molecular weight excluding hydrogens is 216 g/mol. The van der Waals surface area contributed by atoms with Crippen LogP contribution in [0.4, 0.5) is 0 Å². The molecule has 1 heterocycles. The fourth-order valence-electron chi connectivity index (χ4n) is 1.78. The Morgan fingerprint density at radius 3 is 2.62 bits per heavy atom. The zero-order valence-electron chi connectivity index (χ0n) is 9.82. The molecule has 1 aromatic carbocycles. The molecule has 0 amide bonds. The maximum absolute atomic E-state index is 6.24. The number of nitrogens with zero attached hydrogens (tertiary/aromatic N) is 1. The summed E-state index contributed by atoms with van der Waals surface area (Å²) in [4.78, 5) is 4.45. The summed E-state index contributed by atoms with van der Waals surface area (Å²) in [6.45, 7) is 6.18. The van der Waals surface area contributed by atoms with Crippen molar-refractivity contribution in [2.45, 2.75) is 26.8 Å². The van der Waals surface area contributed by atoms with Crippen molar-refractivity contribution in [2.75, 3.05) is 0 Å². The van der Waals surface area contributed by atoms with E-state index >= 15 is 0 Å². The van der Waals surface area contributed by atoms with Gasteiger partial charge in [-0.15, -0.1) is 11.3 Å². The second-order valence-corrected chi connectivity index (χ2v) is 5.19. The molecule has 0 spiro atoms. The zero-order chi connectivity index (χ0) is 11.7. The van der Waals surface area contributed by atoms with Gasteiger partial charge in [-0.2, -0.15) is 0 Å². The minimum atomic E-state index is -0.107. The molecule has 0 fully saturated rings. The van der Waals surface area contributed by atoms with E-state index in [-0.39, 0.29) is 6.04 Å². The molecule has 1 unspecified atom stereocenters. The summed E-state index contributed by atoms with van der Waals surface area (Å²) in [5.41, 5.74) is 10.8. The van der Waals surface area contributed by atoms with E-state index in [1.165, 1.54) is 16.7 Å². The SMILES string of the molecule is Cc1ccc(C)c(C(N)c2csc(C)n2)c1. The molecule has 84 valence electrons. The lowest BCUT2D eigenvalue weighted by Gasteiger charge is -2.13. The lowest BCUT2D eigenvalue weighted by molar-refractivity contribution is 0.825. The number of rotatable bonds is 2. The Morgan fingerprint density at radius 1 is 1.25 bits per heavy atom. The zero-order valence-corrected chi connectivity index (χ0v) is 10.6. The predicted octanol–water partition coefficient (Wildman–Crippen LogP) is 3.12. The molecule has 0 aliphatic heterocycles. The Morgan fingerprint density at radius 2 is 2.00 bits per heavy atom. The molecule has 2 aromatic rings. The Balaban J connectivity index is 2.40. The Hall–Kier alpha value is -1.19. The van der Waals surface area contributed by atoms with E-state index in [1.807, 2.05) is 12.3 Å². The Kier molecular flexibility index (Phi) is 3.08. The summed E-state index contributed by atoms with van der Waals surface area (Å²) in [5.74, 6) is 0. The van der Waals surface area contributed by atoms with Crippen molar-refractivity contribution in [3.05, 3.63) is 51.0 Å². The minimum absolute atomic E-state index is 0.107. The first-order chi connectivity index (χ1) is 7.58. The number of hydrogen-bond acceptors (Lipinski definition) is 3. The number of thiazole rings is 1. The van der Waals surface area contributed by atoms with Crippen LogP contribution in [0.1, 0.15) is 33.4 Å². The molecular formula is C13H16N2S. The molecule has 0 saturated carbocycles. The van der Waals surface area contributed by atoms with Crippen LogP contribution in [0.2, 0.25) is 0 Å². The Bertz CT molecular complexity index is 502. The molecule has 1 aromatic heterocycles. The topological polar surface area (TPSA) is 38.9 Å². The van der Waals surface area contributed by atoms with Gasteiger partial charge in [-0.25, -0.2) is 4.98 Å². The average Bonchev–Trinajstić information content (AvgIpc) is 2.67. The summed E-state index contributed by atoms with van der Waals surface area (Å²) in [6, 6.07) is 6.26. The number of aromatic nitrogens is 1. The van der Waals surface area contributed by atoms with Crippen LogP contribution in [0.15, 0.2) is 23.6 Å². The largest absolute Gasteiger partial charge is 0.319 e. The molecule has 2 nitrogen and oxygen atoms in total. The fourth-order valence-corrected chi connectivity index (χ4v) is 2.43. The van der Waals surface area contributed by atoms with Gasteiger partial charge in [-0.3, -0.25) is 0 Å².